The number of fused-ring (bicyclic) bond motifs is 10. The largest absolute Gasteiger partial charge is 0.309 e. The molecule has 9 aromatic carbocycles. The van der Waals surface area contributed by atoms with Gasteiger partial charge in [-0.2, -0.15) is 0 Å². The van der Waals surface area contributed by atoms with Gasteiger partial charge in [0, 0.05) is 71.3 Å². The first-order valence-corrected chi connectivity index (χ1v) is 21.6. The average molecular weight is 817 g/mol. The van der Waals surface area contributed by atoms with Crippen LogP contribution in [-0.2, 0) is 0 Å². The van der Waals surface area contributed by atoms with Crippen LogP contribution in [0.3, 0.4) is 0 Å². The normalized spacial score (nSPS) is 11.8. The molecule has 0 aliphatic rings. The molecular formula is C58H36N6. The van der Waals surface area contributed by atoms with Gasteiger partial charge in [-0.1, -0.05) is 158 Å². The van der Waals surface area contributed by atoms with Crippen LogP contribution in [0.1, 0.15) is 0 Å². The highest BCUT2D eigenvalue weighted by Crippen LogP contribution is 2.44. The van der Waals surface area contributed by atoms with E-state index in [1.165, 1.54) is 21.8 Å². The molecule has 0 fully saturated rings. The van der Waals surface area contributed by atoms with Crippen LogP contribution in [0.2, 0.25) is 0 Å². The van der Waals surface area contributed by atoms with Crippen LogP contribution >= 0.6 is 0 Å². The first-order chi connectivity index (χ1) is 31.8. The molecule has 0 saturated carbocycles. The predicted octanol–water partition coefficient (Wildman–Crippen LogP) is 14.4. The summed E-state index contributed by atoms with van der Waals surface area (Å²) in [4.78, 5) is 21.1. The van der Waals surface area contributed by atoms with E-state index in [0.717, 1.165) is 82.8 Å². The minimum Gasteiger partial charge on any atom is -0.309 e. The molecule has 0 spiro atoms. The summed E-state index contributed by atoms with van der Waals surface area (Å²) in [5, 5.41) is 8.06. The molecule has 13 aromatic rings. The molecule has 0 amide bonds. The smallest absolute Gasteiger partial charge is 0.166 e. The highest BCUT2D eigenvalue weighted by atomic mass is 15.1. The van der Waals surface area contributed by atoms with Gasteiger partial charge in [0.2, 0.25) is 0 Å². The van der Waals surface area contributed by atoms with Gasteiger partial charge in [-0.3, -0.25) is 0 Å². The Morgan fingerprint density at radius 3 is 1.47 bits per heavy atom. The Morgan fingerprint density at radius 2 is 0.781 bits per heavy atom. The van der Waals surface area contributed by atoms with Crippen molar-refractivity contribution in [1.29, 1.82) is 0 Å². The van der Waals surface area contributed by atoms with E-state index in [1.54, 1.807) is 0 Å². The Hall–Kier alpha value is -8.74. The van der Waals surface area contributed by atoms with Gasteiger partial charge in [0.25, 0.3) is 0 Å². The Balaban J connectivity index is 1.07. The lowest BCUT2D eigenvalue weighted by Crippen LogP contribution is -2.02. The molecule has 6 nitrogen and oxygen atoms in total. The molecule has 0 atom stereocenters. The van der Waals surface area contributed by atoms with Crippen molar-refractivity contribution in [2.24, 2.45) is 0 Å². The number of rotatable bonds is 6. The molecule has 0 radical (unpaired) electrons. The number of para-hydroxylation sites is 5. The zero-order valence-electron chi connectivity index (χ0n) is 34.5. The van der Waals surface area contributed by atoms with Crippen molar-refractivity contribution >= 4 is 65.3 Å². The fourth-order valence-corrected chi connectivity index (χ4v) is 9.72. The lowest BCUT2D eigenvalue weighted by atomic mass is 9.97. The molecule has 4 aromatic heterocycles. The monoisotopic (exact) mass is 816 g/mol. The van der Waals surface area contributed by atoms with Crippen molar-refractivity contribution in [2.75, 3.05) is 0 Å². The van der Waals surface area contributed by atoms with Crippen molar-refractivity contribution < 1.29 is 0 Å². The standard InChI is InChI=1S/C58H36N6/c1-4-17-37(18-5-1)53-47-36-35-45-44-26-16-27-48(54(44)64(40-21-8-3-9-22-40)55(45)52(47)46-25-10-13-28-49(46)59-53)58-61-56(38-19-6-2-7-20-38)60-57(62-58)39-31-33-41(34-32-39)63-50-29-14-11-23-42(50)43-24-12-15-30-51(43)63/h1-36H. The first-order valence-electron chi connectivity index (χ1n) is 21.6. The molecule has 64 heavy (non-hydrogen) atoms. The van der Waals surface area contributed by atoms with Crippen LogP contribution in [0.25, 0.3) is 122 Å². The van der Waals surface area contributed by atoms with Gasteiger partial charge in [0.15, 0.2) is 17.5 Å². The van der Waals surface area contributed by atoms with E-state index in [9.17, 15) is 0 Å². The van der Waals surface area contributed by atoms with E-state index in [-0.39, 0.29) is 0 Å². The van der Waals surface area contributed by atoms with Gasteiger partial charge in [-0.15, -0.1) is 0 Å². The lowest BCUT2D eigenvalue weighted by molar-refractivity contribution is 1.07. The maximum absolute atomic E-state index is 5.36. The second kappa shape index (κ2) is 14.4. The molecule has 0 aliphatic heterocycles. The van der Waals surface area contributed by atoms with Crippen LogP contribution in [-0.4, -0.2) is 29.1 Å². The quantitative estimate of drug-likeness (QED) is 0.157. The predicted molar refractivity (Wildman–Crippen MR) is 263 cm³/mol. The molecule has 6 heteroatoms. The molecule has 298 valence electrons. The number of nitrogens with zero attached hydrogens (tertiary/aromatic N) is 6. The third-order valence-corrected chi connectivity index (χ3v) is 12.5. The van der Waals surface area contributed by atoms with Crippen molar-refractivity contribution in [3.05, 3.63) is 218 Å². The average Bonchev–Trinajstić information content (AvgIpc) is 3.90. The molecular weight excluding hydrogens is 781 g/mol. The Kier molecular flexibility index (Phi) is 8.11. The summed E-state index contributed by atoms with van der Waals surface area (Å²) in [5.41, 5.74) is 12.3. The van der Waals surface area contributed by atoms with Crippen molar-refractivity contribution in [3.63, 3.8) is 0 Å². The van der Waals surface area contributed by atoms with Crippen molar-refractivity contribution in [1.82, 2.24) is 29.1 Å². The summed E-state index contributed by atoms with van der Waals surface area (Å²) >= 11 is 0. The van der Waals surface area contributed by atoms with E-state index >= 15 is 0 Å². The number of pyridine rings is 1. The third-order valence-electron chi connectivity index (χ3n) is 12.5. The van der Waals surface area contributed by atoms with Gasteiger partial charge < -0.3 is 9.13 Å². The summed E-state index contributed by atoms with van der Waals surface area (Å²) < 4.78 is 4.74. The Labute approximate surface area is 368 Å². The summed E-state index contributed by atoms with van der Waals surface area (Å²) in [6, 6.07) is 76.6. The molecule has 4 heterocycles. The molecule has 0 bridgehead atoms. The highest BCUT2D eigenvalue weighted by molar-refractivity contribution is 6.28. The summed E-state index contributed by atoms with van der Waals surface area (Å²) in [7, 11) is 0. The Morgan fingerprint density at radius 1 is 0.281 bits per heavy atom. The fraction of sp³-hybridized carbons (Fsp3) is 0. The van der Waals surface area contributed by atoms with Crippen molar-refractivity contribution in [2.45, 2.75) is 0 Å². The number of benzene rings is 9. The summed E-state index contributed by atoms with van der Waals surface area (Å²) in [6.45, 7) is 0. The van der Waals surface area contributed by atoms with Gasteiger partial charge in [0.1, 0.15) is 0 Å². The van der Waals surface area contributed by atoms with E-state index in [1.807, 2.05) is 18.2 Å². The van der Waals surface area contributed by atoms with Gasteiger partial charge in [-0.05, 0) is 60.7 Å². The van der Waals surface area contributed by atoms with Gasteiger partial charge >= 0.3 is 0 Å². The Bertz CT molecular complexity index is 3880. The topological polar surface area (TPSA) is 61.4 Å². The molecule has 0 saturated heterocycles. The van der Waals surface area contributed by atoms with Crippen molar-refractivity contribution in [3.8, 4) is 56.8 Å². The SMILES string of the molecule is c1ccc(-c2nc(-c3ccc(-n4c5ccccc5c5ccccc54)cc3)nc(-c3cccc4c5ccc6c(-c7ccccc7)nc7ccccc7c6c5n(-c5ccccc5)c34)n2)cc1. The lowest BCUT2D eigenvalue weighted by Gasteiger charge is -2.15. The van der Waals surface area contributed by atoms with E-state index in [2.05, 4.69) is 209 Å². The van der Waals surface area contributed by atoms with Crippen LogP contribution in [0.5, 0.6) is 0 Å². The van der Waals surface area contributed by atoms with Gasteiger partial charge in [-0.25, -0.2) is 19.9 Å². The zero-order chi connectivity index (χ0) is 42.1. The van der Waals surface area contributed by atoms with E-state index in [4.69, 9.17) is 19.9 Å². The first kappa shape index (κ1) is 36.0. The summed E-state index contributed by atoms with van der Waals surface area (Å²) in [5.74, 6) is 1.82. The maximum atomic E-state index is 5.36. The minimum absolute atomic E-state index is 0.599. The van der Waals surface area contributed by atoms with Gasteiger partial charge in [0.05, 0.1) is 33.3 Å². The van der Waals surface area contributed by atoms with Crippen LogP contribution in [0, 0.1) is 0 Å². The second-order valence-electron chi connectivity index (χ2n) is 16.2. The number of hydrogen-bond donors (Lipinski definition) is 0. The van der Waals surface area contributed by atoms with Crippen LogP contribution < -0.4 is 0 Å². The summed E-state index contributed by atoms with van der Waals surface area (Å²) in [6.07, 6.45) is 0. The minimum atomic E-state index is 0.599. The second-order valence-corrected chi connectivity index (χ2v) is 16.2. The zero-order valence-corrected chi connectivity index (χ0v) is 34.5. The molecule has 13 rings (SSSR count). The number of aromatic nitrogens is 6. The number of hydrogen-bond acceptors (Lipinski definition) is 4. The fourth-order valence-electron chi connectivity index (χ4n) is 9.72. The van der Waals surface area contributed by atoms with Crippen LogP contribution in [0.4, 0.5) is 0 Å². The molecule has 0 aliphatic carbocycles. The maximum Gasteiger partial charge on any atom is 0.166 e. The van der Waals surface area contributed by atoms with E-state index in [0.29, 0.717) is 17.5 Å². The van der Waals surface area contributed by atoms with Crippen LogP contribution in [0.15, 0.2) is 218 Å². The molecule has 0 unspecified atom stereocenters. The van der Waals surface area contributed by atoms with E-state index < -0.39 is 0 Å². The highest BCUT2D eigenvalue weighted by Gasteiger charge is 2.24. The third kappa shape index (κ3) is 5.59. The molecule has 0 N–H and O–H groups in total.